The molecule has 0 aliphatic carbocycles. The largest absolute Gasteiger partial charge is 0.497 e. The molecule has 3 aromatic rings. The Morgan fingerprint density at radius 3 is 2.05 bits per heavy atom. The second kappa shape index (κ2) is 14.4. The zero-order chi connectivity index (χ0) is 30.0. The summed E-state index contributed by atoms with van der Waals surface area (Å²) in [6.07, 6.45) is 0.321. The molecule has 0 aromatic heterocycles. The SMILES string of the molecule is CCNC(=O)C(CC)N(Cc1ccc(OC)cc1)C(=O)CN(c1cc(OC)ccc1OC)S(=O)(=O)c1ccccc1. The lowest BCUT2D eigenvalue weighted by atomic mass is 10.1. The van der Waals surface area contributed by atoms with Crippen LogP contribution >= 0.6 is 0 Å². The Hall–Kier alpha value is -4.25. The lowest BCUT2D eigenvalue weighted by Crippen LogP contribution is -2.52. The van der Waals surface area contributed by atoms with Gasteiger partial charge in [-0.25, -0.2) is 8.42 Å². The molecule has 0 saturated carbocycles. The molecule has 0 heterocycles. The maximum Gasteiger partial charge on any atom is 0.264 e. The van der Waals surface area contributed by atoms with E-state index >= 15 is 0 Å². The number of hydrogen-bond acceptors (Lipinski definition) is 7. The van der Waals surface area contributed by atoms with E-state index in [1.165, 1.54) is 37.3 Å². The highest BCUT2D eigenvalue weighted by molar-refractivity contribution is 7.92. The summed E-state index contributed by atoms with van der Waals surface area (Å²) in [5, 5.41) is 2.79. The Bertz CT molecular complexity index is 1410. The van der Waals surface area contributed by atoms with Crippen molar-refractivity contribution in [2.75, 3.05) is 38.7 Å². The van der Waals surface area contributed by atoms with Crippen molar-refractivity contribution in [2.24, 2.45) is 0 Å². The molecule has 3 aromatic carbocycles. The van der Waals surface area contributed by atoms with Crippen molar-refractivity contribution in [3.63, 3.8) is 0 Å². The Morgan fingerprint density at radius 1 is 0.854 bits per heavy atom. The Balaban J connectivity index is 2.12. The van der Waals surface area contributed by atoms with E-state index in [2.05, 4.69) is 5.32 Å². The van der Waals surface area contributed by atoms with E-state index in [1.807, 2.05) is 0 Å². The maximum atomic E-state index is 14.1. The summed E-state index contributed by atoms with van der Waals surface area (Å²) in [5.41, 5.74) is 0.873. The van der Waals surface area contributed by atoms with E-state index in [9.17, 15) is 18.0 Å². The average molecular weight is 584 g/mol. The number of nitrogens with one attached hydrogen (secondary N) is 1. The number of ether oxygens (including phenoxy) is 3. The fraction of sp³-hybridized carbons (Fsp3) is 0.333. The molecule has 0 aliphatic rings. The molecule has 0 bridgehead atoms. The van der Waals surface area contributed by atoms with Crippen LogP contribution in [0.25, 0.3) is 0 Å². The standard InChI is InChI=1S/C30H37N3O7S/c1-6-26(30(35)31-7-2)32(20-22-13-15-23(38-3)16-14-22)29(34)21-33(41(36,37)25-11-9-8-10-12-25)27-19-24(39-4)17-18-28(27)40-5/h8-19,26H,6-7,20-21H2,1-5H3,(H,31,35). The van der Waals surface area contributed by atoms with Gasteiger partial charge in [-0.1, -0.05) is 37.3 Å². The minimum absolute atomic E-state index is 0.00450. The van der Waals surface area contributed by atoms with E-state index < -0.39 is 28.5 Å². The number of likely N-dealkylation sites (N-methyl/N-ethyl adjacent to an activating group) is 1. The summed E-state index contributed by atoms with van der Waals surface area (Å²) in [6.45, 7) is 3.47. The highest BCUT2D eigenvalue weighted by Gasteiger charge is 2.34. The molecule has 2 amide bonds. The highest BCUT2D eigenvalue weighted by Crippen LogP contribution is 2.36. The van der Waals surface area contributed by atoms with Crippen LogP contribution in [0, 0.1) is 0 Å². The van der Waals surface area contributed by atoms with Gasteiger partial charge in [-0.05, 0) is 55.3 Å². The van der Waals surface area contributed by atoms with Crippen molar-refractivity contribution in [3.8, 4) is 17.2 Å². The first kappa shape index (κ1) is 31.3. The van der Waals surface area contributed by atoms with Gasteiger partial charge in [0, 0.05) is 19.2 Å². The third kappa shape index (κ3) is 7.49. The summed E-state index contributed by atoms with van der Waals surface area (Å²) in [5.74, 6) is 0.366. The average Bonchev–Trinajstić information content (AvgIpc) is 3.00. The predicted octanol–water partition coefficient (Wildman–Crippen LogP) is 3.85. The lowest BCUT2D eigenvalue weighted by molar-refractivity contribution is -0.140. The number of amides is 2. The van der Waals surface area contributed by atoms with Gasteiger partial charge < -0.3 is 24.4 Å². The van der Waals surface area contributed by atoms with E-state index in [0.717, 1.165) is 9.87 Å². The quantitative estimate of drug-likeness (QED) is 0.307. The molecule has 0 spiro atoms. The number of rotatable bonds is 14. The summed E-state index contributed by atoms with van der Waals surface area (Å²) in [7, 11) is 0.181. The second-order valence-corrected chi connectivity index (χ2v) is 10.9. The van der Waals surface area contributed by atoms with E-state index in [0.29, 0.717) is 24.5 Å². The van der Waals surface area contributed by atoms with Crippen LogP contribution in [0.15, 0.2) is 77.7 Å². The molecule has 220 valence electrons. The molecule has 0 saturated heterocycles. The van der Waals surface area contributed by atoms with Crippen molar-refractivity contribution in [1.29, 1.82) is 0 Å². The molecule has 41 heavy (non-hydrogen) atoms. The van der Waals surface area contributed by atoms with E-state index in [1.54, 1.807) is 75.6 Å². The van der Waals surface area contributed by atoms with Crippen molar-refractivity contribution >= 4 is 27.5 Å². The Kier molecular flexibility index (Phi) is 11.0. The van der Waals surface area contributed by atoms with Gasteiger partial charge in [0.05, 0.1) is 31.9 Å². The summed E-state index contributed by atoms with van der Waals surface area (Å²) in [6, 6.07) is 18.8. The van der Waals surface area contributed by atoms with E-state index in [4.69, 9.17) is 14.2 Å². The van der Waals surface area contributed by atoms with E-state index in [-0.39, 0.29) is 28.8 Å². The van der Waals surface area contributed by atoms with Gasteiger partial charge in [0.15, 0.2) is 0 Å². The minimum atomic E-state index is -4.25. The lowest BCUT2D eigenvalue weighted by Gasteiger charge is -2.33. The fourth-order valence-corrected chi connectivity index (χ4v) is 5.80. The molecule has 10 nitrogen and oxygen atoms in total. The van der Waals surface area contributed by atoms with Crippen LogP contribution in [0.1, 0.15) is 25.8 Å². The molecule has 0 radical (unpaired) electrons. The van der Waals surface area contributed by atoms with Crippen molar-refractivity contribution in [2.45, 2.75) is 37.8 Å². The molecule has 11 heteroatoms. The Labute approximate surface area is 241 Å². The van der Waals surface area contributed by atoms with Crippen LogP contribution < -0.4 is 23.8 Å². The van der Waals surface area contributed by atoms with Gasteiger partial charge in [-0.2, -0.15) is 0 Å². The number of carbonyl (C=O) groups is 2. The smallest absolute Gasteiger partial charge is 0.264 e. The summed E-state index contributed by atoms with van der Waals surface area (Å²) < 4.78 is 45.1. The predicted molar refractivity (Wildman–Crippen MR) is 157 cm³/mol. The molecule has 1 unspecified atom stereocenters. The van der Waals surface area contributed by atoms with Gasteiger partial charge >= 0.3 is 0 Å². The highest BCUT2D eigenvalue weighted by atomic mass is 32.2. The molecule has 0 fully saturated rings. The normalized spacial score (nSPS) is 11.7. The number of sulfonamides is 1. The first-order chi connectivity index (χ1) is 19.7. The molecule has 1 atom stereocenters. The van der Waals surface area contributed by atoms with Crippen LogP contribution in [0.5, 0.6) is 17.2 Å². The Morgan fingerprint density at radius 2 is 1.49 bits per heavy atom. The van der Waals surface area contributed by atoms with Gasteiger partial charge in [0.1, 0.15) is 29.8 Å². The zero-order valence-electron chi connectivity index (χ0n) is 24.0. The third-order valence-electron chi connectivity index (χ3n) is 6.51. The first-order valence-electron chi connectivity index (χ1n) is 13.2. The fourth-order valence-electron chi connectivity index (χ4n) is 4.36. The van der Waals surface area contributed by atoms with Crippen LogP contribution in [0.3, 0.4) is 0 Å². The molecule has 1 N–H and O–H groups in total. The molecular formula is C30H37N3O7S. The summed E-state index contributed by atoms with van der Waals surface area (Å²) >= 11 is 0. The number of hydrogen-bond donors (Lipinski definition) is 1. The number of benzene rings is 3. The third-order valence-corrected chi connectivity index (χ3v) is 8.29. The van der Waals surface area contributed by atoms with Crippen molar-refractivity contribution < 1.29 is 32.2 Å². The molecule has 3 rings (SSSR count). The number of nitrogens with zero attached hydrogens (tertiary/aromatic N) is 2. The van der Waals surface area contributed by atoms with Crippen LogP contribution in [0.4, 0.5) is 5.69 Å². The number of anilines is 1. The zero-order valence-corrected chi connectivity index (χ0v) is 24.8. The topological polar surface area (TPSA) is 114 Å². The molecule has 0 aliphatic heterocycles. The number of methoxy groups -OCH3 is 3. The molecular weight excluding hydrogens is 546 g/mol. The van der Waals surface area contributed by atoms with Gasteiger partial charge in [0.2, 0.25) is 11.8 Å². The maximum absolute atomic E-state index is 14.1. The van der Waals surface area contributed by atoms with Gasteiger partial charge in [-0.15, -0.1) is 0 Å². The van der Waals surface area contributed by atoms with Crippen LogP contribution in [0.2, 0.25) is 0 Å². The monoisotopic (exact) mass is 583 g/mol. The summed E-state index contributed by atoms with van der Waals surface area (Å²) in [4.78, 5) is 28.6. The van der Waals surface area contributed by atoms with Crippen LogP contribution in [-0.2, 0) is 26.2 Å². The number of carbonyl (C=O) groups excluding carboxylic acids is 2. The first-order valence-corrected chi connectivity index (χ1v) is 14.6. The van der Waals surface area contributed by atoms with Gasteiger partial charge in [-0.3, -0.25) is 13.9 Å². The van der Waals surface area contributed by atoms with Crippen molar-refractivity contribution in [1.82, 2.24) is 10.2 Å². The minimum Gasteiger partial charge on any atom is -0.497 e. The van der Waals surface area contributed by atoms with Gasteiger partial charge in [0.25, 0.3) is 10.0 Å². The second-order valence-electron chi connectivity index (χ2n) is 9.05. The van der Waals surface area contributed by atoms with Crippen LogP contribution in [-0.4, -0.2) is 65.6 Å². The van der Waals surface area contributed by atoms with Crippen molar-refractivity contribution in [3.05, 3.63) is 78.4 Å².